The maximum Gasteiger partial charge on any atom is 0.253 e. The molecule has 1 aliphatic rings. The Kier molecular flexibility index (Phi) is 3.64. The van der Waals surface area contributed by atoms with Crippen LogP contribution in [0.25, 0.3) is 0 Å². The number of likely N-dealkylation sites (tertiary alicyclic amines) is 1. The number of nitrogens with zero attached hydrogens (tertiary/aromatic N) is 3. The Labute approximate surface area is 123 Å². The molecule has 21 heavy (non-hydrogen) atoms. The van der Waals surface area contributed by atoms with Crippen LogP contribution in [0.15, 0.2) is 36.7 Å². The predicted molar refractivity (Wildman–Crippen MR) is 79.0 cm³/mol. The van der Waals surface area contributed by atoms with Crippen LogP contribution in [0.3, 0.4) is 0 Å². The van der Waals surface area contributed by atoms with Gasteiger partial charge in [-0.25, -0.2) is 0 Å². The Morgan fingerprint density at radius 1 is 1.48 bits per heavy atom. The van der Waals surface area contributed by atoms with Crippen LogP contribution in [-0.4, -0.2) is 38.8 Å². The lowest BCUT2D eigenvalue weighted by atomic mass is 10.0. The summed E-state index contributed by atoms with van der Waals surface area (Å²) in [6, 6.07) is 6.55. The zero-order chi connectivity index (χ0) is 14.8. The van der Waals surface area contributed by atoms with Crippen molar-refractivity contribution in [2.75, 3.05) is 13.1 Å². The van der Waals surface area contributed by atoms with E-state index in [4.69, 9.17) is 0 Å². The van der Waals surface area contributed by atoms with Gasteiger partial charge >= 0.3 is 0 Å². The topological polar surface area (TPSA) is 58.4 Å². The summed E-state index contributed by atoms with van der Waals surface area (Å²) in [6.45, 7) is 1.54. The van der Waals surface area contributed by atoms with E-state index in [0.717, 1.165) is 25.9 Å². The molecule has 2 aromatic rings. The molecule has 1 saturated heterocycles. The van der Waals surface area contributed by atoms with Crippen molar-refractivity contribution in [2.24, 2.45) is 13.0 Å². The zero-order valence-corrected chi connectivity index (χ0v) is 12.1. The van der Waals surface area contributed by atoms with Crippen LogP contribution in [-0.2, 0) is 13.5 Å². The molecule has 0 unspecified atom stereocenters. The van der Waals surface area contributed by atoms with Crippen molar-refractivity contribution in [1.82, 2.24) is 14.7 Å². The van der Waals surface area contributed by atoms with Gasteiger partial charge in [0.05, 0.1) is 6.20 Å². The van der Waals surface area contributed by atoms with Crippen molar-refractivity contribution in [3.05, 3.63) is 47.8 Å². The van der Waals surface area contributed by atoms with Gasteiger partial charge in [-0.2, -0.15) is 5.10 Å². The summed E-state index contributed by atoms with van der Waals surface area (Å²) in [5.74, 6) is 0.613. The highest BCUT2D eigenvalue weighted by molar-refractivity contribution is 5.94. The van der Waals surface area contributed by atoms with E-state index in [1.807, 2.05) is 24.3 Å². The highest BCUT2D eigenvalue weighted by atomic mass is 16.3. The van der Waals surface area contributed by atoms with Gasteiger partial charge in [0.25, 0.3) is 5.91 Å². The first-order chi connectivity index (χ1) is 10.1. The Bertz CT molecular complexity index is 650. The minimum Gasteiger partial charge on any atom is -0.508 e. The molecule has 1 aliphatic heterocycles. The van der Waals surface area contributed by atoms with Gasteiger partial charge in [-0.05, 0) is 42.5 Å². The third-order valence-electron chi connectivity index (χ3n) is 3.95. The lowest BCUT2D eigenvalue weighted by Gasteiger charge is -2.16. The van der Waals surface area contributed by atoms with Crippen LogP contribution >= 0.6 is 0 Å². The number of rotatable bonds is 3. The summed E-state index contributed by atoms with van der Waals surface area (Å²) >= 11 is 0. The van der Waals surface area contributed by atoms with E-state index in [0.29, 0.717) is 11.5 Å². The highest BCUT2D eigenvalue weighted by Gasteiger charge is 2.27. The number of aryl methyl sites for hydroxylation is 1. The normalized spacial score (nSPS) is 18.1. The van der Waals surface area contributed by atoms with Crippen LogP contribution in [0, 0.1) is 5.92 Å². The SMILES string of the molecule is Cn1cc(C[C@H]2CCN(C(=O)c3cccc(O)c3)C2)cn1. The molecule has 0 bridgehead atoms. The van der Waals surface area contributed by atoms with Crippen molar-refractivity contribution in [3.63, 3.8) is 0 Å². The molecule has 0 radical (unpaired) electrons. The standard InChI is InChI=1S/C16H19N3O2/c1-18-10-13(9-17-18)7-12-5-6-19(11-12)16(21)14-3-2-4-15(20)8-14/h2-4,8-10,12,20H,5-7,11H2,1H3/t12-/m1/s1. The molecule has 5 heteroatoms. The van der Waals surface area contributed by atoms with Crippen molar-refractivity contribution < 1.29 is 9.90 Å². The van der Waals surface area contributed by atoms with E-state index in [1.165, 1.54) is 11.6 Å². The number of hydrogen-bond donors (Lipinski definition) is 1. The van der Waals surface area contributed by atoms with Gasteiger partial charge in [-0.15, -0.1) is 0 Å². The number of carbonyl (C=O) groups excluding carboxylic acids is 1. The minimum absolute atomic E-state index is 0.000383. The van der Waals surface area contributed by atoms with E-state index in [1.54, 1.807) is 22.9 Å². The van der Waals surface area contributed by atoms with Crippen LogP contribution < -0.4 is 0 Å². The number of amides is 1. The first-order valence-electron chi connectivity index (χ1n) is 7.17. The molecule has 0 aliphatic carbocycles. The number of phenolic OH excluding ortho intramolecular Hbond substituents is 1. The quantitative estimate of drug-likeness (QED) is 0.936. The van der Waals surface area contributed by atoms with Gasteiger partial charge < -0.3 is 10.0 Å². The summed E-state index contributed by atoms with van der Waals surface area (Å²) in [5.41, 5.74) is 1.77. The van der Waals surface area contributed by atoms with Crippen molar-refractivity contribution in [3.8, 4) is 5.75 Å². The highest BCUT2D eigenvalue weighted by Crippen LogP contribution is 2.23. The summed E-state index contributed by atoms with van der Waals surface area (Å²) in [5, 5.41) is 13.7. The monoisotopic (exact) mass is 285 g/mol. The first-order valence-corrected chi connectivity index (χ1v) is 7.17. The minimum atomic E-state index is -0.000383. The maximum absolute atomic E-state index is 12.4. The summed E-state index contributed by atoms with van der Waals surface area (Å²) < 4.78 is 1.81. The van der Waals surface area contributed by atoms with Gasteiger partial charge in [-0.1, -0.05) is 6.07 Å². The first kappa shape index (κ1) is 13.7. The second kappa shape index (κ2) is 5.60. The van der Waals surface area contributed by atoms with Crippen LogP contribution in [0.1, 0.15) is 22.3 Å². The fourth-order valence-corrected chi connectivity index (χ4v) is 2.92. The molecule has 110 valence electrons. The number of carbonyl (C=O) groups is 1. The molecule has 1 amide bonds. The van der Waals surface area contributed by atoms with Crippen molar-refractivity contribution in [2.45, 2.75) is 12.8 Å². The van der Waals surface area contributed by atoms with E-state index < -0.39 is 0 Å². The molecule has 3 rings (SSSR count). The van der Waals surface area contributed by atoms with Gasteiger partial charge in [-0.3, -0.25) is 9.48 Å². The average molecular weight is 285 g/mol. The lowest BCUT2D eigenvalue weighted by Crippen LogP contribution is -2.28. The number of phenols is 1. The van der Waals surface area contributed by atoms with Gasteiger partial charge in [0, 0.05) is 31.9 Å². The molecular weight excluding hydrogens is 266 g/mol. The van der Waals surface area contributed by atoms with Crippen LogP contribution in [0.4, 0.5) is 0 Å². The average Bonchev–Trinajstić information content (AvgIpc) is 3.08. The molecule has 1 fully saturated rings. The largest absolute Gasteiger partial charge is 0.508 e. The molecule has 5 nitrogen and oxygen atoms in total. The van der Waals surface area contributed by atoms with Crippen molar-refractivity contribution >= 4 is 5.91 Å². The van der Waals surface area contributed by atoms with E-state index >= 15 is 0 Å². The smallest absolute Gasteiger partial charge is 0.253 e. The summed E-state index contributed by atoms with van der Waals surface area (Å²) in [4.78, 5) is 14.3. The second-order valence-corrected chi connectivity index (χ2v) is 5.68. The third-order valence-corrected chi connectivity index (χ3v) is 3.95. The van der Waals surface area contributed by atoms with E-state index in [-0.39, 0.29) is 11.7 Å². The number of benzene rings is 1. The number of aromatic nitrogens is 2. The second-order valence-electron chi connectivity index (χ2n) is 5.68. The number of aromatic hydroxyl groups is 1. The molecular formula is C16H19N3O2. The Hall–Kier alpha value is -2.30. The van der Waals surface area contributed by atoms with Crippen molar-refractivity contribution in [1.29, 1.82) is 0 Å². The molecule has 0 spiro atoms. The van der Waals surface area contributed by atoms with Gasteiger partial charge in [0.2, 0.25) is 0 Å². The van der Waals surface area contributed by atoms with Crippen LogP contribution in [0.5, 0.6) is 5.75 Å². The summed E-state index contributed by atoms with van der Waals surface area (Å²) in [7, 11) is 1.91. The maximum atomic E-state index is 12.4. The van der Waals surface area contributed by atoms with E-state index in [9.17, 15) is 9.90 Å². The van der Waals surface area contributed by atoms with Crippen LogP contribution in [0.2, 0.25) is 0 Å². The molecule has 0 saturated carbocycles. The fraction of sp³-hybridized carbons (Fsp3) is 0.375. The molecule has 2 heterocycles. The van der Waals surface area contributed by atoms with Gasteiger partial charge in [0.1, 0.15) is 5.75 Å². The molecule has 1 aromatic carbocycles. The Balaban J connectivity index is 1.62. The molecule has 1 aromatic heterocycles. The zero-order valence-electron chi connectivity index (χ0n) is 12.1. The number of hydrogen-bond acceptors (Lipinski definition) is 3. The van der Waals surface area contributed by atoms with Gasteiger partial charge in [0.15, 0.2) is 0 Å². The lowest BCUT2D eigenvalue weighted by molar-refractivity contribution is 0.0786. The Morgan fingerprint density at radius 3 is 3.05 bits per heavy atom. The molecule has 1 atom stereocenters. The summed E-state index contributed by atoms with van der Waals surface area (Å²) in [6.07, 6.45) is 5.89. The molecule has 1 N–H and O–H groups in total. The fourth-order valence-electron chi connectivity index (χ4n) is 2.92. The van der Waals surface area contributed by atoms with E-state index in [2.05, 4.69) is 5.10 Å². The predicted octanol–water partition coefficient (Wildman–Crippen LogP) is 1.83. The third kappa shape index (κ3) is 3.07. The Morgan fingerprint density at radius 2 is 2.33 bits per heavy atom.